The van der Waals surface area contributed by atoms with Crippen LogP contribution in [-0.2, 0) is 14.4 Å². The highest BCUT2D eigenvalue weighted by molar-refractivity contribution is 6.19. The number of nitrogens with one attached hydrogen (secondary N) is 1. The molecule has 10 nitrogen and oxygen atoms in total. The van der Waals surface area contributed by atoms with E-state index in [2.05, 4.69) is 10.1 Å². The Balaban J connectivity index is 2.10. The van der Waals surface area contributed by atoms with E-state index >= 15 is 0 Å². The number of urea groups is 1. The largest absolute Gasteiger partial charge is 0.573 e. The summed E-state index contributed by atoms with van der Waals surface area (Å²) in [4.78, 5) is 51.7. The lowest BCUT2D eigenvalue weighted by atomic mass is 10.0. The van der Waals surface area contributed by atoms with E-state index in [0.717, 1.165) is 28.0 Å². The third kappa shape index (κ3) is 6.78. The lowest BCUT2D eigenvalue weighted by Gasteiger charge is -2.33. The summed E-state index contributed by atoms with van der Waals surface area (Å²) in [6.45, 7) is -0.293. The first-order chi connectivity index (χ1) is 17.4. The Labute approximate surface area is 208 Å². The van der Waals surface area contributed by atoms with Crippen molar-refractivity contribution in [2.75, 3.05) is 25.6 Å². The number of alkyl halides is 3. The van der Waals surface area contributed by atoms with Gasteiger partial charge in [-0.3, -0.25) is 19.3 Å². The monoisotopic (exact) mass is 521 g/mol. The number of methoxy groups -OCH3 is 1. The van der Waals surface area contributed by atoms with Crippen LogP contribution in [0.2, 0.25) is 0 Å². The van der Waals surface area contributed by atoms with Gasteiger partial charge in [-0.15, -0.1) is 13.2 Å². The van der Waals surface area contributed by atoms with E-state index < -0.39 is 48.3 Å². The van der Waals surface area contributed by atoms with Crippen LogP contribution >= 0.6 is 0 Å². The Kier molecular flexibility index (Phi) is 8.05. The fourth-order valence-corrected chi connectivity index (χ4v) is 3.53. The van der Waals surface area contributed by atoms with Crippen LogP contribution in [0.5, 0.6) is 11.5 Å². The fourth-order valence-electron chi connectivity index (χ4n) is 3.53. The third-order valence-corrected chi connectivity index (χ3v) is 5.21. The van der Waals surface area contributed by atoms with Crippen molar-refractivity contribution in [2.24, 2.45) is 0 Å². The van der Waals surface area contributed by atoms with Gasteiger partial charge in [0.05, 0.1) is 19.2 Å². The number of carbonyl (C=O) groups is 4. The summed E-state index contributed by atoms with van der Waals surface area (Å²) in [6.07, 6.45) is -2.97. The zero-order valence-electron chi connectivity index (χ0n) is 19.6. The molecule has 1 aliphatic heterocycles. The van der Waals surface area contributed by atoms with Crippen LogP contribution in [0.4, 0.5) is 23.7 Å². The molecule has 0 saturated carbocycles. The number of hydrogen-bond donors (Lipinski definition) is 2. The summed E-state index contributed by atoms with van der Waals surface area (Å²) in [6, 6.07) is 6.71. The number of hydrogen-bond acceptors (Lipinski definition) is 6. The molecule has 1 heterocycles. The highest BCUT2D eigenvalue weighted by atomic mass is 19.4. The number of halogens is 3. The summed E-state index contributed by atoms with van der Waals surface area (Å²) in [5, 5.41) is 11.3. The summed E-state index contributed by atoms with van der Waals surface area (Å²) in [7, 11) is 2.71. The van der Waals surface area contributed by atoms with Crippen molar-refractivity contribution in [3.05, 3.63) is 54.7 Å². The number of likely N-dealkylation sites (N-methyl/N-ethyl adjacent to an activating group) is 1. The maximum atomic E-state index is 13.2. The van der Waals surface area contributed by atoms with Gasteiger partial charge in [0.1, 0.15) is 11.5 Å². The number of benzene rings is 2. The highest BCUT2D eigenvalue weighted by Crippen LogP contribution is 2.34. The Hall–Kier alpha value is -4.55. The molecule has 2 N–H and O–H groups in total. The molecule has 3 amide bonds. The number of ether oxygens (including phenoxy) is 2. The van der Waals surface area contributed by atoms with Crippen LogP contribution in [0.25, 0.3) is 11.1 Å². The second-order valence-electron chi connectivity index (χ2n) is 7.81. The second-order valence-corrected chi connectivity index (χ2v) is 7.81. The summed E-state index contributed by atoms with van der Waals surface area (Å²) in [5.41, 5.74) is 0.538. The molecule has 0 aromatic heterocycles. The first kappa shape index (κ1) is 27.0. The van der Waals surface area contributed by atoms with Gasteiger partial charge in [0.2, 0.25) is 0 Å². The van der Waals surface area contributed by atoms with Gasteiger partial charge in [-0.05, 0) is 35.4 Å². The molecule has 0 unspecified atom stereocenters. The summed E-state index contributed by atoms with van der Waals surface area (Å²) < 4.78 is 47.4. The number of nitrogens with zero attached hydrogens (tertiary/aromatic N) is 2. The number of ketones is 1. The number of carboxylic acid groups (broad SMARTS) is 1. The smallest absolute Gasteiger partial charge is 0.497 e. The average molecular weight is 521 g/mol. The average Bonchev–Trinajstić information content (AvgIpc) is 2.82. The van der Waals surface area contributed by atoms with E-state index in [1.165, 1.54) is 50.7 Å². The zero-order chi connectivity index (χ0) is 27.3. The number of aliphatic carboxylic acids is 1. The zero-order valence-corrected chi connectivity index (χ0v) is 19.6. The molecular formula is C24H22F3N3O7. The van der Waals surface area contributed by atoms with Crippen LogP contribution in [0.3, 0.4) is 0 Å². The van der Waals surface area contributed by atoms with Crippen LogP contribution in [-0.4, -0.2) is 66.8 Å². The third-order valence-electron chi connectivity index (χ3n) is 5.21. The molecule has 37 heavy (non-hydrogen) atoms. The molecule has 13 heteroatoms. The number of carbonyl (C=O) groups excluding carboxylic acids is 3. The molecule has 0 bridgehead atoms. The van der Waals surface area contributed by atoms with Crippen LogP contribution < -0.4 is 19.7 Å². The predicted molar refractivity (Wildman–Crippen MR) is 124 cm³/mol. The number of amides is 3. The fraction of sp³-hybridized carbons (Fsp3) is 0.250. The Morgan fingerprint density at radius 3 is 2.46 bits per heavy atom. The molecule has 0 aliphatic carbocycles. The van der Waals surface area contributed by atoms with Crippen LogP contribution in [0, 0.1) is 0 Å². The maximum absolute atomic E-state index is 13.2. The summed E-state index contributed by atoms with van der Waals surface area (Å²) >= 11 is 0. The van der Waals surface area contributed by atoms with E-state index in [1.54, 1.807) is 0 Å². The van der Waals surface area contributed by atoms with E-state index in [4.69, 9.17) is 9.84 Å². The minimum Gasteiger partial charge on any atom is -0.497 e. The molecule has 2 aromatic rings. The van der Waals surface area contributed by atoms with Crippen molar-refractivity contribution in [1.82, 2.24) is 10.2 Å². The van der Waals surface area contributed by atoms with E-state index in [0.29, 0.717) is 0 Å². The Bertz CT molecular complexity index is 1250. The second kappa shape index (κ2) is 11.0. The molecule has 1 aliphatic rings. The molecule has 1 atom stereocenters. The molecule has 196 valence electrons. The van der Waals surface area contributed by atoms with Crippen molar-refractivity contribution in [1.29, 1.82) is 0 Å². The first-order valence-corrected chi connectivity index (χ1v) is 10.7. The lowest BCUT2D eigenvalue weighted by molar-refractivity contribution is -0.274. The van der Waals surface area contributed by atoms with Gasteiger partial charge < -0.3 is 24.8 Å². The van der Waals surface area contributed by atoms with E-state index in [-0.39, 0.29) is 29.1 Å². The molecule has 0 spiro atoms. The van der Waals surface area contributed by atoms with Crippen LogP contribution in [0.1, 0.15) is 6.42 Å². The van der Waals surface area contributed by atoms with Gasteiger partial charge in [-0.2, -0.15) is 0 Å². The van der Waals surface area contributed by atoms with E-state index in [1.807, 2.05) is 0 Å². The van der Waals surface area contributed by atoms with Crippen molar-refractivity contribution in [2.45, 2.75) is 18.8 Å². The van der Waals surface area contributed by atoms with Gasteiger partial charge in [0.25, 0.3) is 5.91 Å². The van der Waals surface area contributed by atoms with Crippen LogP contribution in [0.15, 0.2) is 54.7 Å². The summed E-state index contributed by atoms with van der Waals surface area (Å²) in [5.74, 6) is -2.93. The van der Waals surface area contributed by atoms with Gasteiger partial charge >= 0.3 is 18.4 Å². The Morgan fingerprint density at radius 1 is 1.11 bits per heavy atom. The van der Waals surface area contributed by atoms with Crippen molar-refractivity contribution in [3.8, 4) is 22.6 Å². The lowest BCUT2D eigenvalue weighted by Crippen LogP contribution is -2.57. The topological polar surface area (TPSA) is 125 Å². The molecule has 0 radical (unpaired) electrons. The number of rotatable bonds is 8. The molecule has 3 rings (SSSR count). The van der Waals surface area contributed by atoms with Crippen molar-refractivity contribution < 1.29 is 46.9 Å². The maximum Gasteiger partial charge on any atom is 0.573 e. The van der Waals surface area contributed by atoms with Gasteiger partial charge in [-0.1, -0.05) is 12.1 Å². The van der Waals surface area contributed by atoms with E-state index in [9.17, 15) is 32.3 Å². The first-order valence-electron chi connectivity index (χ1n) is 10.7. The number of anilines is 1. The molecular weight excluding hydrogens is 499 g/mol. The molecule has 0 saturated heterocycles. The normalized spacial score (nSPS) is 15.4. The minimum absolute atomic E-state index is 0.000261. The SMILES string of the molecule is COc1cc(-c2cccc(OC(F)(F)F)c2)cc(N(C(=O)NCCC(=O)O)[C@H]2C(=O)C=CN(C)C2=O)c1. The van der Waals surface area contributed by atoms with Gasteiger partial charge in [-0.25, -0.2) is 4.79 Å². The van der Waals surface area contributed by atoms with Gasteiger partial charge in [0.15, 0.2) is 11.8 Å². The minimum atomic E-state index is -4.91. The highest BCUT2D eigenvalue weighted by Gasteiger charge is 2.40. The predicted octanol–water partition coefficient (Wildman–Crippen LogP) is 3.17. The standard InChI is InChI=1S/C24H22F3N3O7/c1-29-9-7-19(31)21(22(29)34)30(23(35)28-8-6-20(32)33)16-10-15(12-18(13-16)36-2)14-4-3-5-17(11-14)37-24(25,26)27/h3-5,7,9-13,21H,6,8H2,1-2H3,(H,28,35)(H,32,33)/t21-/m0/s1. The number of carboxylic acids is 1. The quantitative estimate of drug-likeness (QED) is 0.511. The van der Waals surface area contributed by atoms with Gasteiger partial charge in [0, 0.05) is 31.9 Å². The van der Waals surface area contributed by atoms with Crippen molar-refractivity contribution in [3.63, 3.8) is 0 Å². The Morgan fingerprint density at radius 2 is 1.81 bits per heavy atom. The molecule has 0 fully saturated rings. The van der Waals surface area contributed by atoms with Crippen molar-refractivity contribution >= 4 is 29.4 Å². The molecule has 2 aromatic carbocycles.